The third-order valence-electron chi connectivity index (χ3n) is 2.86. The summed E-state index contributed by atoms with van der Waals surface area (Å²) in [5.41, 5.74) is -0.0896. The molecular weight excluding hydrogens is 350 g/mol. The Morgan fingerprint density at radius 1 is 1.26 bits per heavy atom. The maximum Gasteiger partial charge on any atom is 0.346 e. The summed E-state index contributed by atoms with van der Waals surface area (Å²) in [5, 5.41) is -0.0912. The summed E-state index contributed by atoms with van der Waals surface area (Å²) in [4.78, 5) is 27.6. The van der Waals surface area contributed by atoms with Gasteiger partial charge in [0, 0.05) is 7.05 Å². The van der Waals surface area contributed by atoms with Gasteiger partial charge in [-0.15, -0.1) is 0 Å². The number of rotatable bonds is 6. The van der Waals surface area contributed by atoms with E-state index in [1.807, 2.05) is 0 Å². The van der Waals surface area contributed by atoms with E-state index >= 15 is 0 Å². The first-order valence-electron chi connectivity index (χ1n) is 6.26. The van der Waals surface area contributed by atoms with Crippen LogP contribution in [0.1, 0.15) is 17.3 Å². The van der Waals surface area contributed by atoms with Crippen LogP contribution in [0.2, 0.25) is 5.02 Å². The van der Waals surface area contributed by atoms with Crippen LogP contribution in [0.4, 0.5) is 0 Å². The highest BCUT2D eigenvalue weighted by molar-refractivity contribution is 7.89. The Kier molecular flexibility index (Phi) is 6.51. The Morgan fingerprint density at radius 2 is 1.87 bits per heavy atom. The van der Waals surface area contributed by atoms with Gasteiger partial charge in [-0.1, -0.05) is 16.1 Å². The molecule has 10 heteroatoms. The topological polar surface area (TPSA) is 99.2 Å². The summed E-state index contributed by atoms with van der Waals surface area (Å²) in [6, 6.07) is 3.55. The lowest BCUT2D eigenvalue weighted by Crippen LogP contribution is -2.27. The minimum Gasteiger partial charge on any atom is -0.466 e. The van der Waals surface area contributed by atoms with Crippen molar-refractivity contribution in [2.45, 2.75) is 17.9 Å². The van der Waals surface area contributed by atoms with Gasteiger partial charge in [-0.3, -0.25) is 4.84 Å². The molecule has 1 atom stereocenters. The van der Waals surface area contributed by atoms with Crippen molar-refractivity contribution in [3.8, 4) is 0 Å². The number of hydrogen-bond donors (Lipinski definition) is 0. The lowest BCUT2D eigenvalue weighted by molar-refractivity contribution is -0.149. The van der Waals surface area contributed by atoms with Gasteiger partial charge in [0.05, 0.1) is 24.8 Å². The molecule has 128 valence electrons. The first kappa shape index (κ1) is 19.4. The quantitative estimate of drug-likeness (QED) is 0.552. The number of nitrogens with zero attached hydrogens (tertiary/aromatic N) is 1. The fourth-order valence-corrected chi connectivity index (χ4v) is 2.98. The molecule has 0 aliphatic rings. The summed E-state index contributed by atoms with van der Waals surface area (Å²) in [7, 11) is -0.548. The zero-order valence-electron chi connectivity index (χ0n) is 12.9. The Labute approximate surface area is 138 Å². The Morgan fingerprint density at radius 3 is 2.39 bits per heavy atom. The first-order valence-corrected chi connectivity index (χ1v) is 8.08. The Balaban J connectivity index is 3.15. The van der Waals surface area contributed by atoms with Crippen molar-refractivity contribution in [1.82, 2.24) is 4.47 Å². The van der Waals surface area contributed by atoms with Crippen molar-refractivity contribution < 1.29 is 32.3 Å². The smallest absolute Gasteiger partial charge is 0.346 e. The van der Waals surface area contributed by atoms with Crippen LogP contribution in [0, 0.1) is 0 Å². The molecule has 0 heterocycles. The van der Waals surface area contributed by atoms with Gasteiger partial charge in [0.25, 0.3) is 10.0 Å². The number of methoxy groups -OCH3 is 1. The van der Waals surface area contributed by atoms with Crippen molar-refractivity contribution >= 4 is 33.6 Å². The number of hydrogen-bond acceptors (Lipinski definition) is 7. The van der Waals surface area contributed by atoms with E-state index in [2.05, 4.69) is 9.57 Å². The summed E-state index contributed by atoms with van der Waals surface area (Å²) < 4.78 is 34.4. The molecule has 1 aromatic rings. The fraction of sp³-hybridized carbons (Fsp3) is 0.385. The van der Waals surface area contributed by atoms with Crippen LogP contribution in [-0.4, -0.2) is 52.2 Å². The number of ether oxygens (including phenoxy) is 2. The second-order valence-corrected chi connectivity index (χ2v) is 6.62. The number of benzene rings is 1. The molecule has 0 aliphatic carbocycles. The van der Waals surface area contributed by atoms with Gasteiger partial charge in [-0.2, -0.15) is 0 Å². The molecule has 23 heavy (non-hydrogen) atoms. The third kappa shape index (κ3) is 4.41. The predicted molar refractivity (Wildman–Crippen MR) is 80.3 cm³/mol. The van der Waals surface area contributed by atoms with Crippen LogP contribution >= 0.6 is 11.6 Å². The largest absolute Gasteiger partial charge is 0.466 e. The molecule has 0 saturated heterocycles. The average Bonchev–Trinajstić information content (AvgIpc) is 2.52. The second-order valence-electron chi connectivity index (χ2n) is 4.31. The Hall–Kier alpha value is -1.68. The van der Waals surface area contributed by atoms with Gasteiger partial charge in [-0.25, -0.2) is 18.0 Å². The minimum absolute atomic E-state index is 0.0896. The number of carbonyl (C=O) groups is 2. The van der Waals surface area contributed by atoms with E-state index in [0.717, 1.165) is 13.2 Å². The summed E-state index contributed by atoms with van der Waals surface area (Å²) >= 11 is 5.88. The van der Waals surface area contributed by atoms with Crippen molar-refractivity contribution in [3.63, 3.8) is 0 Å². The van der Waals surface area contributed by atoms with Gasteiger partial charge in [0.15, 0.2) is 6.10 Å². The molecule has 8 nitrogen and oxygen atoms in total. The molecule has 0 radical (unpaired) electrons. The van der Waals surface area contributed by atoms with Crippen LogP contribution < -0.4 is 0 Å². The van der Waals surface area contributed by atoms with E-state index in [9.17, 15) is 18.0 Å². The molecule has 0 N–H and O–H groups in total. The van der Waals surface area contributed by atoms with E-state index in [-0.39, 0.29) is 15.5 Å². The van der Waals surface area contributed by atoms with E-state index in [1.54, 1.807) is 0 Å². The van der Waals surface area contributed by atoms with Crippen LogP contribution in [-0.2, 0) is 29.1 Å². The first-order chi connectivity index (χ1) is 10.6. The van der Waals surface area contributed by atoms with Crippen LogP contribution in [0.3, 0.4) is 0 Å². The second kappa shape index (κ2) is 7.73. The number of hydroxylamine groups is 1. The molecule has 1 aromatic carbocycles. The summed E-state index contributed by atoms with van der Waals surface area (Å²) in [5.74, 6) is -1.63. The lowest BCUT2D eigenvalue weighted by Gasteiger charge is -2.16. The van der Waals surface area contributed by atoms with E-state index in [4.69, 9.17) is 16.3 Å². The Bertz CT molecular complexity index is 704. The van der Waals surface area contributed by atoms with Gasteiger partial charge >= 0.3 is 11.9 Å². The van der Waals surface area contributed by atoms with Crippen LogP contribution in [0.5, 0.6) is 0 Å². The van der Waals surface area contributed by atoms with Crippen LogP contribution in [0.15, 0.2) is 23.1 Å². The van der Waals surface area contributed by atoms with Crippen molar-refractivity contribution in [1.29, 1.82) is 0 Å². The molecule has 0 fully saturated rings. The average molecular weight is 366 g/mol. The zero-order valence-corrected chi connectivity index (χ0v) is 14.5. The third-order valence-corrected chi connectivity index (χ3v) is 5.02. The number of carbonyl (C=O) groups excluding carboxylic acids is 2. The standard InChI is InChI=1S/C13H16ClNO7S/c1-8(12(16)20-3)22-13(17)9-5-6-10(14)11(7-9)23(18,19)15(2)21-4/h5-8H,1-4H3/t8-/m1/s1. The normalized spacial score (nSPS) is 12.8. The number of esters is 2. The highest BCUT2D eigenvalue weighted by atomic mass is 35.5. The van der Waals surface area contributed by atoms with Gasteiger partial charge in [0.2, 0.25) is 0 Å². The molecule has 0 amide bonds. The molecule has 0 bridgehead atoms. The van der Waals surface area contributed by atoms with Crippen molar-refractivity contribution in [2.24, 2.45) is 0 Å². The minimum atomic E-state index is -4.05. The molecule has 0 aliphatic heterocycles. The summed E-state index contributed by atoms with van der Waals surface area (Å²) in [6.07, 6.45) is -1.13. The lowest BCUT2D eigenvalue weighted by atomic mass is 10.2. The molecule has 0 saturated carbocycles. The molecule has 1 rings (SSSR count). The predicted octanol–water partition coefficient (Wildman–Crippen LogP) is 1.24. The maximum absolute atomic E-state index is 12.2. The summed E-state index contributed by atoms with van der Waals surface area (Å²) in [6.45, 7) is 1.33. The molecular formula is C13H16ClNO7S. The van der Waals surface area contributed by atoms with Crippen molar-refractivity contribution in [2.75, 3.05) is 21.3 Å². The van der Waals surface area contributed by atoms with Gasteiger partial charge < -0.3 is 9.47 Å². The van der Waals surface area contributed by atoms with E-state index in [0.29, 0.717) is 4.47 Å². The number of sulfonamides is 1. The van der Waals surface area contributed by atoms with Crippen LogP contribution in [0.25, 0.3) is 0 Å². The maximum atomic E-state index is 12.2. The van der Waals surface area contributed by atoms with E-state index in [1.165, 1.54) is 33.2 Å². The van der Waals surface area contributed by atoms with Crippen molar-refractivity contribution in [3.05, 3.63) is 28.8 Å². The van der Waals surface area contributed by atoms with Gasteiger partial charge in [-0.05, 0) is 25.1 Å². The number of halogens is 1. The molecule has 0 spiro atoms. The SMILES string of the molecule is COC(=O)[C@@H](C)OC(=O)c1ccc(Cl)c(S(=O)(=O)N(C)OC)c1. The van der Waals surface area contributed by atoms with E-state index < -0.39 is 28.1 Å². The molecule has 0 unspecified atom stereocenters. The highest BCUT2D eigenvalue weighted by Gasteiger charge is 2.26. The monoisotopic (exact) mass is 365 g/mol. The van der Waals surface area contributed by atoms with Gasteiger partial charge in [0.1, 0.15) is 4.90 Å². The fourth-order valence-electron chi connectivity index (χ4n) is 1.51. The molecule has 0 aromatic heterocycles. The zero-order chi connectivity index (χ0) is 17.8. The highest BCUT2D eigenvalue weighted by Crippen LogP contribution is 2.25.